The van der Waals surface area contributed by atoms with Gasteiger partial charge in [-0.3, -0.25) is 4.79 Å². The average molecular weight is 452 g/mol. The molecule has 0 bridgehead atoms. The Morgan fingerprint density at radius 2 is 1.59 bits per heavy atom. The molecular formula is C25H29N3O3S. The number of rotatable bonds is 9. The molecule has 0 aliphatic heterocycles. The van der Waals surface area contributed by atoms with E-state index in [0.29, 0.717) is 12.1 Å². The minimum atomic E-state index is -1.03. The highest BCUT2D eigenvalue weighted by molar-refractivity contribution is 7.15. The minimum Gasteiger partial charge on any atom is -0.480 e. The van der Waals surface area contributed by atoms with Gasteiger partial charge in [0.25, 0.3) is 5.91 Å². The predicted octanol–water partition coefficient (Wildman–Crippen LogP) is 4.81. The van der Waals surface area contributed by atoms with Crippen LogP contribution in [0.3, 0.4) is 0 Å². The second-order valence-electron chi connectivity index (χ2n) is 8.21. The molecule has 2 aromatic carbocycles. The Morgan fingerprint density at radius 3 is 2.09 bits per heavy atom. The van der Waals surface area contributed by atoms with Crippen LogP contribution < -0.4 is 10.2 Å². The van der Waals surface area contributed by atoms with Gasteiger partial charge < -0.3 is 15.3 Å². The first-order valence-corrected chi connectivity index (χ1v) is 11.4. The van der Waals surface area contributed by atoms with Crippen molar-refractivity contribution < 1.29 is 14.7 Å². The van der Waals surface area contributed by atoms with Crippen LogP contribution in [0.25, 0.3) is 0 Å². The van der Waals surface area contributed by atoms with Crippen LogP contribution >= 0.6 is 11.3 Å². The molecule has 0 saturated carbocycles. The maximum absolute atomic E-state index is 12.5. The monoisotopic (exact) mass is 451 g/mol. The Balaban J connectivity index is 1.76. The van der Waals surface area contributed by atoms with Gasteiger partial charge in [-0.15, -0.1) is 11.3 Å². The lowest BCUT2D eigenvalue weighted by Gasteiger charge is -2.22. The number of aromatic nitrogens is 1. The first kappa shape index (κ1) is 23.5. The molecule has 3 rings (SSSR count). The number of nitrogens with one attached hydrogen (secondary N) is 1. The molecule has 0 saturated heterocycles. The maximum Gasteiger partial charge on any atom is 0.326 e. The summed E-state index contributed by atoms with van der Waals surface area (Å²) in [6, 6.07) is 16.6. The molecule has 0 radical (unpaired) electrons. The Bertz CT molecular complexity index is 1040. The van der Waals surface area contributed by atoms with E-state index in [2.05, 4.69) is 29.3 Å². The summed E-state index contributed by atoms with van der Waals surface area (Å²) >= 11 is 1.68. The molecule has 168 valence electrons. The number of aliphatic carboxylic acids is 1. The zero-order valence-corrected chi connectivity index (χ0v) is 19.6. The van der Waals surface area contributed by atoms with E-state index < -0.39 is 12.0 Å². The fourth-order valence-corrected chi connectivity index (χ4v) is 4.21. The van der Waals surface area contributed by atoms with Gasteiger partial charge in [0.1, 0.15) is 6.04 Å². The molecule has 2 N–H and O–H groups in total. The highest BCUT2D eigenvalue weighted by Crippen LogP contribution is 2.28. The van der Waals surface area contributed by atoms with Gasteiger partial charge in [0.05, 0.1) is 5.69 Å². The molecule has 1 amide bonds. The Labute approximate surface area is 192 Å². The predicted molar refractivity (Wildman–Crippen MR) is 128 cm³/mol. The smallest absolute Gasteiger partial charge is 0.326 e. The summed E-state index contributed by atoms with van der Waals surface area (Å²) in [5.41, 5.74) is 3.72. The third kappa shape index (κ3) is 5.95. The molecule has 1 aromatic heterocycles. The minimum absolute atomic E-state index is 0.201. The molecule has 1 heterocycles. The first-order valence-electron chi connectivity index (χ1n) is 10.6. The van der Waals surface area contributed by atoms with Crippen molar-refractivity contribution in [2.24, 2.45) is 5.92 Å². The molecule has 0 aliphatic carbocycles. The molecule has 0 fully saturated rings. The largest absolute Gasteiger partial charge is 0.480 e. The SMILES string of the molecule is Cc1nc(N(Cc2ccccc2)Cc2ccc(C(=O)NC(C(=O)O)C(C)C)cc2)sc1C. The molecule has 0 spiro atoms. The quantitative estimate of drug-likeness (QED) is 0.488. The zero-order chi connectivity index (χ0) is 23.3. The van der Waals surface area contributed by atoms with Gasteiger partial charge in [-0.25, -0.2) is 9.78 Å². The van der Waals surface area contributed by atoms with Crippen molar-refractivity contribution in [3.05, 3.63) is 81.9 Å². The van der Waals surface area contributed by atoms with Gasteiger partial charge in [0.2, 0.25) is 0 Å². The summed E-state index contributed by atoms with van der Waals surface area (Å²) in [5, 5.41) is 12.9. The lowest BCUT2D eigenvalue weighted by molar-refractivity contribution is -0.140. The number of hydrogen-bond acceptors (Lipinski definition) is 5. The van der Waals surface area contributed by atoms with Gasteiger partial charge in [0.15, 0.2) is 5.13 Å². The van der Waals surface area contributed by atoms with Gasteiger partial charge in [-0.1, -0.05) is 56.3 Å². The van der Waals surface area contributed by atoms with E-state index >= 15 is 0 Å². The fourth-order valence-electron chi connectivity index (χ4n) is 3.31. The summed E-state index contributed by atoms with van der Waals surface area (Å²) in [4.78, 5) is 32.0. The molecule has 6 nitrogen and oxygen atoms in total. The normalized spacial score (nSPS) is 11.9. The Kier molecular flexibility index (Phi) is 7.64. The molecule has 3 aromatic rings. The number of carbonyl (C=O) groups is 2. The molecule has 32 heavy (non-hydrogen) atoms. The number of carboxylic acids is 1. The lowest BCUT2D eigenvalue weighted by Crippen LogP contribution is -2.44. The van der Waals surface area contributed by atoms with Crippen molar-refractivity contribution in [2.75, 3.05) is 4.90 Å². The topological polar surface area (TPSA) is 82.5 Å². The average Bonchev–Trinajstić information content (AvgIpc) is 3.10. The number of benzene rings is 2. The van der Waals surface area contributed by atoms with E-state index in [1.165, 1.54) is 10.4 Å². The van der Waals surface area contributed by atoms with Crippen molar-refractivity contribution in [3.8, 4) is 0 Å². The second-order valence-corrected chi connectivity index (χ2v) is 9.39. The third-order valence-electron chi connectivity index (χ3n) is 5.31. The van der Waals surface area contributed by atoms with Crippen LogP contribution in [0.1, 0.15) is 45.9 Å². The van der Waals surface area contributed by atoms with E-state index in [9.17, 15) is 14.7 Å². The lowest BCUT2D eigenvalue weighted by atomic mass is 10.0. The standard InChI is InChI=1S/C25H29N3O3S/c1-16(2)22(24(30)31)27-23(29)21-12-10-20(11-13-21)15-28(14-19-8-6-5-7-9-19)25-26-17(3)18(4)32-25/h5-13,16,22H,14-15H2,1-4H3,(H,27,29)(H,30,31). The van der Waals surface area contributed by atoms with E-state index in [0.717, 1.165) is 22.9 Å². The Hall–Kier alpha value is -3.19. The summed E-state index contributed by atoms with van der Waals surface area (Å²) in [7, 11) is 0. The first-order chi connectivity index (χ1) is 15.2. The number of nitrogens with zero attached hydrogens (tertiary/aromatic N) is 2. The van der Waals surface area contributed by atoms with E-state index in [1.807, 2.05) is 37.3 Å². The van der Waals surface area contributed by atoms with E-state index in [4.69, 9.17) is 4.98 Å². The van der Waals surface area contributed by atoms with Gasteiger partial charge in [-0.05, 0) is 43.0 Å². The fraction of sp³-hybridized carbons (Fsp3) is 0.320. The van der Waals surface area contributed by atoms with Crippen LogP contribution in [0.5, 0.6) is 0 Å². The molecule has 1 atom stereocenters. The zero-order valence-electron chi connectivity index (χ0n) is 18.8. The van der Waals surface area contributed by atoms with Crippen molar-refractivity contribution >= 4 is 28.3 Å². The third-order valence-corrected chi connectivity index (χ3v) is 6.45. The second kappa shape index (κ2) is 10.4. The summed E-state index contributed by atoms with van der Waals surface area (Å²) in [6.07, 6.45) is 0. The van der Waals surface area contributed by atoms with Gasteiger partial charge in [0, 0.05) is 23.5 Å². The number of aryl methyl sites for hydroxylation is 2. The Morgan fingerprint density at radius 1 is 1.00 bits per heavy atom. The number of amides is 1. The highest BCUT2D eigenvalue weighted by atomic mass is 32.1. The van der Waals surface area contributed by atoms with Crippen molar-refractivity contribution in [1.82, 2.24) is 10.3 Å². The van der Waals surface area contributed by atoms with Crippen molar-refractivity contribution in [2.45, 2.75) is 46.8 Å². The van der Waals surface area contributed by atoms with Gasteiger partial charge >= 0.3 is 5.97 Å². The molecular weight excluding hydrogens is 422 g/mol. The summed E-state index contributed by atoms with van der Waals surface area (Å²) in [5.74, 6) is -1.62. The van der Waals surface area contributed by atoms with E-state index in [1.54, 1.807) is 37.3 Å². The van der Waals surface area contributed by atoms with E-state index in [-0.39, 0.29) is 11.8 Å². The molecule has 7 heteroatoms. The number of thiazole rings is 1. The van der Waals surface area contributed by atoms with Crippen LogP contribution in [0.15, 0.2) is 54.6 Å². The number of carbonyl (C=O) groups excluding carboxylic acids is 1. The number of anilines is 1. The van der Waals surface area contributed by atoms with Gasteiger partial charge in [-0.2, -0.15) is 0 Å². The highest BCUT2D eigenvalue weighted by Gasteiger charge is 2.24. The van der Waals surface area contributed by atoms with Crippen molar-refractivity contribution in [3.63, 3.8) is 0 Å². The van der Waals surface area contributed by atoms with Crippen LogP contribution in [0.2, 0.25) is 0 Å². The molecule has 0 aliphatic rings. The van der Waals surface area contributed by atoms with Crippen LogP contribution in [0.4, 0.5) is 5.13 Å². The number of hydrogen-bond donors (Lipinski definition) is 2. The maximum atomic E-state index is 12.5. The number of carboxylic acid groups (broad SMARTS) is 1. The van der Waals surface area contributed by atoms with Crippen molar-refractivity contribution in [1.29, 1.82) is 0 Å². The summed E-state index contributed by atoms with van der Waals surface area (Å²) in [6.45, 7) is 9.01. The van der Waals surface area contributed by atoms with Crippen LogP contribution in [0, 0.1) is 19.8 Å². The van der Waals surface area contributed by atoms with Crippen LogP contribution in [-0.4, -0.2) is 28.0 Å². The summed E-state index contributed by atoms with van der Waals surface area (Å²) < 4.78 is 0. The van der Waals surface area contributed by atoms with Crippen LogP contribution in [-0.2, 0) is 17.9 Å². The molecule has 1 unspecified atom stereocenters.